The fourth-order valence-electron chi connectivity index (χ4n) is 2.29. The molecule has 0 bridgehead atoms. The van der Waals surface area contributed by atoms with E-state index in [1.54, 1.807) is 42.5 Å². The molecule has 0 unspecified atom stereocenters. The van der Waals surface area contributed by atoms with Crippen LogP contribution in [0.3, 0.4) is 0 Å². The molecule has 10 heteroatoms. The number of hydrogen-bond donors (Lipinski definition) is 3. The van der Waals surface area contributed by atoms with E-state index in [1.807, 2.05) is 6.07 Å². The highest BCUT2D eigenvalue weighted by molar-refractivity contribution is 7.15. The molecule has 0 saturated carbocycles. The van der Waals surface area contributed by atoms with Crippen LogP contribution in [0.4, 0.5) is 5.13 Å². The molecule has 0 fully saturated rings. The SMILES string of the molecule is COc1cccc(/C=N/NC(=O)Cc2nnc(NC(=O)c3ccccc3)s2)c1O. The van der Waals surface area contributed by atoms with Gasteiger partial charge in [0, 0.05) is 11.1 Å². The number of amides is 2. The Morgan fingerprint density at radius 3 is 2.72 bits per heavy atom. The largest absolute Gasteiger partial charge is 0.504 e. The number of rotatable bonds is 7. The van der Waals surface area contributed by atoms with Crippen molar-refractivity contribution in [3.8, 4) is 11.5 Å². The lowest BCUT2D eigenvalue weighted by atomic mass is 10.2. The molecule has 2 aromatic carbocycles. The molecule has 3 aromatic rings. The number of nitrogens with one attached hydrogen (secondary N) is 2. The Kier molecular flexibility index (Phi) is 6.48. The molecule has 0 aliphatic rings. The van der Waals surface area contributed by atoms with Gasteiger partial charge in [-0.15, -0.1) is 10.2 Å². The third-order valence-electron chi connectivity index (χ3n) is 3.68. The highest BCUT2D eigenvalue weighted by Crippen LogP contribution is 2.27. The maximum Gasteiger partial charge on any atom is 0.257 e. The van der Waals surface area contributed by atoms with Gasteiger partial charge in [-0.3, -0.25) is 14.9 Å². The van der Waals surface area contributed by atoms with Crippen molar-refractivity contribution in [2.45, 2.75) is 6.42 Å². The van der Waals surface area contributed by atoms with E-state index in [-0.39, 0.29) is 18.1 Å². The molecule has 148 valence electrons. The van der Waals surface area contributed by atoms with Crippen molar-refractivity contribution in [2.24, 2.45) is 5.10 Å². The van der Waals surface area contributed by atoms with Crippen molar-refractivity contribution < 1.29 is 19.4 Å². The first-order chi connectivity index (χ1) is 14.1. The monoisotopic (exact) mass is 411 g/mol. The molecule has 0 radical (unpaired) electrons. The fraction of sp³-hybridized carbons (Fsp3) is 0.105. The maximum atomic E-state index is 12.1. The number of carbonyl (C=O) groups excluding carboxylic acids is 2. The minimum Gasteiger partial charge on any atom is -0.504 e. The number of aromatic hydroxyl groups is 1. The summed E-state index contributed by atoms with van der Waals surface area (Å²) in [7, 11) is 1.44. The number of aromatic nitrogens is 2. The number of phenolic OH excluding ortho intramolecular Hbond substituents is 1. The van der Waals surface area contributed by atoms with E-state index >= 15 is 0 Å². The van der Waals surface area contributed by atoms with Crippen LogP contribution in [0, 0.1) is 0 Å². The normalized spacial score (nSPS) is 10.7. The number of nitrogens with zero attached hydrogens (tertiary/aromatic N) is 3. The zero-order valence-electron chi connectivity index (χ0n) is 15.3. The van der Waals surface area contributed by atoms with E-state index in [2.05, 4.69) is 26.0 Å². The first-order valence-corrected chi connectivity index (χ1v) is 9.25. The quantitative estimate of drug-likeness (QED) is 0.404. The van der Waals surface area contributed by atoms with Crippen LogP contribution in [0.2, 0.25) is 0 Å². The van der Waals surface area contributed by atoms with E-state index in [9.17, 15) is 14.7 Å². The summed E-state index contributed by atoms with van der Waals surface area (Å²) in [5.74, 6) is -0.490. The lowest BCUT2D eigenvalue weighted by Crippen LogP contribution is -2.19. The Hall–Kier alpha value is -3.79. The molecular formula is C19H17N5O4S. The zero-order valence-corrected chi connectivity index (χ0v) is 16.1. The van der Waals surface area contributed by atoms with Crippen LogP contribution in [0.1, 0.15) is 20.9 Å². The van der Waals surface area contributed by atoms with Crippen LogP contribution < -0.4 is 15.5 Å². The molecule has 0 saturated heterocycles. The minimum absolute atomic E-state index is 0.0553. The number of anilines is 1. The lowest BCUT2D eigenvalue weighted by Gasteiger charge is -2.04. The second kappa shape index (κ2) is 9.42. The van der Waals surface area contributed by atoms with Crippen LogP contribution in [-0.4, -0.2) is 40.4 Å². The average Bonchev–Trinajstić information content (AvgIpc) is 3.16. The number of ether oxygens (including phenoxy) is 1. The topological polar surface area (TPSA) is 126 Å². The second-order valence-corrected chi connectivity index (χ2v) is 6.75. The lowest BCUT2D eigenvalue weighted by molar-refractivity contribution is -0.120. The van der Waals surface area contributed by atoms with Crippen LogP contribution in [0.25, 0.3) is 0 Å². The van der Waals surface area contributed by atoms with Gasteiger partial charge < -0.3 is 9.84 Å². The molecular weight excluding hydrogens is 394 g/mol. The molecule has 3 rings (SSSR count). The first-order valence-electron chi connectivity index (χ1n) is 8.43. The summed E-state index contributed by atoms with van der Waals surface area (Å²) in [5.41, 5.74) is 3.24. The maximum absolute atomic E-state index is 12.1. The third-order valence-corrected chi connectivity index (χ3v) is 4.52. The first kappa shape index (κ1) is 20.0. The smallest absolute Gasteiger partial charge is 0.257 e. The van der Waals surface area contributed by atoms with Crippen molar-refractivity contribution in [1.82, 2.24) is 15.6 Å². The number of hydrogen-bond acceptors (Lipinski definition) is 8. The molecule has 0 aliphatic carbocycles. The Morgan fingerprint density at radius 2 is 1.97 bits per heavy atom. The van der Waals surface area contributed by atoms with E-state index in [0.717, 1.165) is 11.3 Å². The van der Waals surface area contributed by atoms with Crippen LogP contribution in [0.5, 0.6) is 11.5 Å². The number of benzene rings is 2. The van der Waals surface area contributed by atoms with Gasteiger partial charge >= 0.3 is 0 Å². The summed E-state index contributed by atoms with van der Waals surface area (Å²) in [6, 6.07) is 13.6. The van der Waals surface area contributed by atoms with Crippen molar-refractivity contribution >= 4 is 34.5 Å². The number of methoxy groups -OCH3 is 1. The van der Waals surface area contributed by atoms with E-state index in [4.69, 9.17) is 4.74 Å². The van der Waals surface area contributed by atoms with Gasteiger partial charge in [0.1, 0.15) is 5.01 Å². The highest BCUT2D eigenvalue weighted by Gasteiger charge is 2.12. The molecule has 1 aromatic heterocycles. The van der Waals surface area contributed by atoms with Gasteiger partial charge in [-0.1, -0.05) is 35.6 Å². The molecule has 2 amide bonds. The Bertz CT molecular complexity index is 1040. The predicted molar refractivity (Wildman–Crippen MR) is 108 cm³/mol. The van der Waals surface area contributed by atoms with Gasteiger partial charge in [0.05, 0.1) is 19.7 Å². The molecule has 1 heterocycles. The van der Waals surface area contributed by atoms with Gasteiger partial charge in [0.2, 0.25) is 11.0 Å². The summed E-state index contributed by atoms with van der Waals surface area (Å²) >= 11 is 1.10. The number of phenols is 1. The summed E-state index contributed by atoms with van der Waals surface area (Å²) in [6.45, 7) is 0. The van der Waals surface area contributed by atoms with E-state index < -0.39 is 5.91 Å². The van der Waals surface area contributed by atoms with E-state index in [0.29, 0.717) is 27.0 Å². The predicted octanol–water partition coefficient (Wildman–Crippen LogP) is 2.20. The van der Waals surface area contributed by atoms with Gasteiger partial charge in [-0.05, 0) is 24.3 Å². The standard InChI is InChI=1S/C19H17N5O4S/c1-28-14-9-5-8-13(17(14)26)11-20-22-15(25)10-16-23-24-19(29-16)21-18(27)12-6-3-2-4-7-12/h2-9,11,26H,10H2,1H3,(H,22,25)(H,21,24,27)/b20-11+. The summed E-state index contributed by atoms with van der Waals surface area (Å²) in [4.78, 5) is 24.1. The Labute approximate surface area is 170 Å². The molecule has 29 heavy (non-hydrogen) atoms. The van der Waals surface area contributed by atoms with Gasteiger partial charge in [-0.25, -0.2) is 5.43 Å². The molecule has 0 spiro atoms. The molecule has 9 nitrogen and oxygen atoms in total. The minimum atomic E-state index is -0.416. The number of carbonyl (C=O) groups is 2. The van der Waals surface area contributed by atoms with Crippen LogP contribution in [0.15, 0.2) is 53.6 Å². The van der Waals surface area contributed by atoms with E-state index in [1.165, 1.54) is 13.3 Å². The van der Waals surface area contributed by atoms with Crippen LogP contribution in [-0.2, 0) is 11.2 Å². The second-order valence-electron chi connectivity index (χ2n) is 5.69. The Morgan fingerprint density at radius 1 is 1.17 bits per heavy atom. The molecule has 0 aliphatic heterocycles. The van der Waals surface area contributed by atoms with Gasteiger partial charge in [0.25, 0.3) is 5.91 Å². The zero-order chi connectivity index (χ0) is 20.6. The van der Waals surface area contributed by atoms with Crippen molar-refractivity contribution in [1.29, 1.82) is 0 Å². The average molecular weight is 411 g/mol. The van der Waals surface area contributed by atoms with Gasteiger partial charge in [0.15, 0.2) is 11.5 Å². The number of para-hydroxylation sites is 1. The summed E-state index contributed by atoms with van der Waals surface area (Å²) in [5, 5.41) is 24.9. The summed E-state index contributed by atoms with van der Waals surface area (Å²) < 4.78 is 5.01. The van der Waals surface area contributed by atoms with Crippen molar-refractivity contribution in [3.63, 3.8) is 0 Å². The number of hydrazone groups is 1. The van der Waals surface area contributed by atoms with Crippen molar-refractivity contribution in [2.75, 3.05) is 12.4 Å². The fourth-order valence-corrected chi connectivity index (χ4v) is 3.03. The van der Waals surface area contributed by atoms with Crippen molar-refractivity contribution in [3.05, 3.63) is 64.7 Å². The molecule has 0 atom stereocenters. The van der Waals surface area contributed by atoms with Crippen LogP contribution >= 0.6 is 11.3 Å². The summed E-state index contributed by atoms with van der Waals surface area (Å²) in [6.07, 6.45) is 1.25. The Balaban J connectivity index is 1.53. The highest BCUT2D eigenvalue weighted by atomic mass is 32.1. The molecule has 3 N–H and O–H groups in total. The van der Waals surface area contributed by atoms with Gasteiger partial charge in [-0.2, -0.15) is 5.10 Å². The third kappa shape index (κ3) is 5.36.